The Labute approximate surface area is 162 Å². The van der Waals surface area contributed by atoms with Gasteiger partial charge in [0.2, 0.25) is 5.91 Å². The number of rotatable bonds is 4. The second kappa shape index (κ2) is 7.41. The molecule has 0 atom stereocenters. The number of anilines is 3. The number of nitrogens with zero attached hydrogens (tertiary/aromatic N) is 1. The average Bonchev–Trinajstić information content (AvgIpc) is 3.07. The molecule has 0 radical (unpaired) electrons. The molecule has 1 amide bonds. The van der Waals surface area contributed by atoms with Crippen molar-refractivity contribution in [3.63, 3.8) is 0 Å². The van der Waals surface area contributed by atoms with Crippen LogP contribution < -0.4 is 10.2 Å². The molecular weight excluding hydrogens is 363 g/mol. The minimum atomic E-state index is -0.303. The summed E-state index contributed by atoms with van der Waals surface area (Å²) in [4.78, 5) is 14.5. The summed E-state index contributed by atoms with van der Waals surface area (Å²) in [5.41, 5.74) is 5.01. The van der Waals surface area contributed by atoms with Gasteiger partial charge in [0, 0.05) is 28.6 Å². The van der Waals surface area contributed by atoms with Crippen LogP contribution in [-0.2, 0) is 17.6 Å². The quantitative estimate of drug-likeness (QED) is 0.661. The molecular formula is C22H18ClFN2O. The minimum absolute atomic E-state index is 0.117. The molecule has 0 bridgehead atoms. The monoisotopic (exact) mass is 380 g/mol. The van der Waals surface area contributed by atoms with Crippen LogP contribution in [0.3, 0.4) is 0 Å². The molecule has 0 saturated carbocycles. The second-order valence-corrected chi connectivity index (χ2v) is 7.01. The molecule has 0 unspecified atom stereocenters. The zero-order valence-corrected chi connectivity index (χ0v) is 15.3. The number of nitrogens with one attached hydrogen (secondary N) is 1. The molecule has 0 saturated heterocycles. The summed E-state index contributed by atoms with van der Waals surface area (Å²) in [6, 6.07) is 19.7. The Morgan fingerprint density at radius 3 is 2.52 bits per heavy atom. The molecule has 136 valence electrons. The van der Waals surface area contributed by atoms with Gasteiger partial charge in [0.1, 0.15) is 5.82 Å². The van der Waals surface area contributed by atoms with Gasteiger partial charge in [-0.15, -0.1) is 0 Å². The Kier molecular flexibility index (Phi) is 4.82. The zero-order chi connectivity index (χ0) is 18.8. The molecule has 1 aliphatic heterocycles. The number of hydrogen-bond donors (Lipinski definition) is 1. The van der Waals surface area contributed by atoms with E-state index in [0.29, 0.717) is 0 Å². The molecule has 0 fully saturated rings. The van der Waals surface area contributed by atoms with Gasteiger partial charge < -0.3 is 10.2 Å². The maximum atomic E-state index is 13.0. The fraction of sp³-hybridized carbons (Fsp3) is 0.136. The number of benzene rings is 3. The Morgan fingerprint density at radius 1 is 1.04 bits per heavy atom. The van der Waals surface area contributed by atoms with E-state index in [1.54, 1.807) is 12.1 Å². The molecule has 0 aromatic heterocycles. The summed E-state index contributed by atoms with van der Waals surface area (Å²) < 4.78 is 13.0. The first-order chi connectivity index (χ1) is 13.1. The van der Waals surface area contributed by atoms with Gasteiger partial charge in [-0.05, 0) is 72.1 Å². The fourth-order valence-corrected chi connectivity index (χ4v) is 3.49. The molecule has 3 aromatic rings. The lowest BCUT2D eigenvalue weighted by molar-refractivity contribution is -0.115. The van der Waals surface area contributed by atoms with E-state index in [1.807, 2.05) is 42.5 Å². The van der Waals surface area contributed by atoms with E-state index in [1.165, 1.54) is 17.7 Å². The van der Waals surface area contributed by atoms with Gasteiger partial charge in [0.05, 0.1) is 6.42 Å². The van der Waals surface area contributed by atoms with Gasteiger partial charge in [-0.3, -0.25) is 4.79 Å². The first kappa shape index (κ1) is 17.6. The Bertz CT molecular complexity index is 971. The third kappa shape index (κ3) is 3.96. The topological polar surface area (TPSA) is 32.3 Å². The van der Waals surface area contributed by atoms with E-state index < -0.39 is 0 Å². The molecule has 3 nitrogen and oxygen atoms in total. The van der Waals surface area contributed by atoms with Crippen molar-refractivity contribution < 1.29 is 9.18 Å². The van der Waals surface area contributed by atoms with E-state index >= 15 is 0 Å². The zero-order valence-electron chi connectivity index (χ0n) is 14.6. The highest BCUT2D eigenvalue weighted by molar-refractivity contribution is 6.30. The standard InChI is InChI=1S/C22H18ClFN2O/c23-17-3-8-20(9-4-17)26-12-11-16-14-19(7-10-21(16)26)25-22(27)13-15-1-5-18(24)6-2-15/h1-10,14H,11-13H2,(H,25,27). The van der Waals surface area contributed by atoms with Crippen molar-refractivity contribution in [2.45, 2.75) is 12.8 Å². The van der Waals surface area contributed by atoms with Crippen LogP contribution >= 0.6 is 11.6 Å². The van der Waals surface area contributed by atoms with E-state index in [9.17, 15) is 9.18 Å². The third-order valence-corrected chi connectivity index (χ3v) is 4.93. The molecule has 0 spiro atoms. The lowest BCUT2D eigenvalue weighted by atomic mass is 10.1. The van der Waals surface area contributed by atoms with Crippen LogP contribution in [0.1, 0.15) is 11.1 Å². The SMILES string of the molecule is O=C(Cc1ccc(F)cc1)Nc1ccc2c(c1)CCN2c1ccc(Cl)cc1. The van der Waals surface area contributed by atoms with Crippen molar-refractivity contribution in [1.82, 2.24) is 0 Å². The van der Waals surface area contributed by atoms with Gasteiger partial charge in [-0.2, -0.15) is 0 Å². The lowest BCUT2D eigenvalue weighted by Crippen LogP contribution is -2.14. The predicted molar refractivity (Wildman–Crippen MR) is 107 cm³/mol. The van der Waals surface area contributed by atoms with Crippen LogP contribution in [0.5, 0.6) is 0 Å². The highest BCUT2D eigenvalue weighted by Gasteiger charge is 2.21. The van der Waals surface area contributed by atoms with Crippen LogP contribution in [0.2, 0.25) is 5.02 Å². The maximum Gasteiger partial charge on any atom is 0.228 e. The highest BCUT2D eigenvalue weighted by Crippen LogP contribution is 2.36. The second-order valence-electron chi connectivity index (χ2n) is 6.57. The molecule has 1 N–H and O–H groups in total. The minimum Gasteiger partial charge on any atom is -0.341 e. The van der Waals surface area contributed by atoms with Gasteiger partial charge in [0.15, 0.2) is 0 Å². The summed E-state index contributed by atoms with van der Waals surface area (Å²) in [6.45, 7) is 0.893. The van der Waals surface area contributed by atoms with Gasteiger partial charge in [0.25, 0.3) is 0 Å². The number of carbonyl (C=O) groups excluding carboxylic acids is 1. The summed E-state index contributed by atoms with van der Waals surface area (Å²) in [5, 5.41) is 3.65. The number of halogens is 2. The largest absolute Gasteiger partial charge is 0.341 e. The molecule has 1 heterocycles. The molecule has 3 aromatic carbocycles. The Balaban J connectivity index is 1.46. The predicted octanol–water partition coefficient (Wildman–Crippen LogP) is 5.35. The maximum absolute atomic E-state index is 13.0. The smallest absolute Gasteiger partial charge is 0.228 e. The van der Waals surface area contributed by atoms with Crippen LogP contribution in [-0.4, -0.2) is 12.5 Å². The van der Waals surface area contributed by atoms with Crippen LogP contribution in [0.15, 0.2) is 66.7 Å². The lowest BCUT2D eigenvalue weighted by Gasteiger charge is -2.20. The van der Waals surface area contributed by atoms with Gasteiger partial charge in [-0.1, -0.05) is 23.7 Å². The van der Waals surface area contributed by atoms with E-state index in [-0.39, 0.29) is 18.1 Å². The molecule has 1 aliphatic rings. The Hall–Kier alpha value is -2.85. The molecule has 5 heteroatoms. The summed E-state index contributed by atoms with van der Waals surface area (Å²) in [5.74, 6) is -0.419. The highest BCUT2D eigenvalue weighted by atomic mass is 35.5. The van der Waals surface area contributed by atoms with Crippen molar-refractivity contribution in [3.8, 4) is 0 Å². The third-order valence-electron chi connectivity index (χ3n) is 4.68. The number of fused-ring (bicyclic) bond motifs is 1. The van der Waals surface area contributed by atoms with Crippen LogP contribution in [0.25, 0.3) is 0 Å². The first-order valence-corrected chi connectivity index (χ1v) is 9.16. The summed E-state index contributed by atoms with van der Waals surface area (Å²) >= 11 is 5.98. The van der Waals surface area contributed by atoms with Crippen molar-refractivity contribution in [1.29, 1.82) is 0 Å². The fourth-order valence-electron chi connectivity index (χ4n) is 3.36. The van der Waals surface area contributed by atoms with Crippen molar-refractivity contribution in [2.24, 2.45) is 0 Å². The molecule has 27 heavy (non-hydrogen) atoms. The van der Waals surface area contributed by atoms with Gasteiger partial charge in [-0.25, -0.2) is 4.39 Å². The molecule has 0 aliphatic carbocycles. The van der Waals surface area contributed by atoms with E-state index in [0.717, 1.165) is 40.6 Å². The van der Waals surface area contributed by atoms with Crippen LogP contribution in [0, 0.1) is 5.82 Å². The van der Waals surface area contributed by atoms with Crippen LogP contribution in [0.4, 0.5) is 21.5 Å². The van der Waals surface area contributed by atoms with E-state index in [4.69, 9.17) is 11.6 Å². The molecule has 4 rings (SSSR count). The first-order valence-electron chi connectivity index (χ1n) is 8.79. The van der Waals surface area contributed by atoms with Crippen molar-refractivity contribution >= 4 is 34.6 Å². The number of hydrogen-bond acceptors (Lipinski definition) is 2. The van der Waals surface area contributed by atoms with E-state index in [2.05, 4.69) is 10.2 Å². The number of carbonyl (C=O) groups is 1. The van der Waals surface area contributed by atoms with Crippen molar-refractivity contribution in [2.75, 3.05) is 16.8 Å². The van der Waals surface area contributed by atoms with Crippen molar-refractivity contribution in [3.05, 3.63) is 88.7 Å². The van der Waals surface area contributed by atoms with Gasteiger partial charge >= 0.3 is 0 Å². The summed E-state index contributed by atoms with van der Waals surface area (Å²) in [7, 11) is 0. The average molecular weight is 381 g/mol. The number of amides is 1. The Morgan fingerprint density at radius 2 is 1.78 bits per heavy atom. The summed E-state index contributed by atoms with van der Waals surface area (Å²) in [6.07, 6.45) is 1.13. The normalized spacial score (nSPS) is 12.7.